The molecule has 0 spiro atoms. The van der Waals surface area contributed by atoms with Gasteiger partial charge in [0, 0.05) is 23.3 Å². The predicted molar refractivity (Wildman–Crippen MR) is 104 cm³/mol. The number of aliphatic hydroxyl groups excluding tert-OH is 1. The number of benzene rings is 1. The van der Waals surface area contributed by atoms with E-state index in [0.717, 1.165) is 38.6 Å². The molecule has 1 aromatic rings. The Balaban J connectivity index is 1.66. The molecule has 0 saturated heterocycles. The summed E-state index contributed by atoms with van der Waals surface area (Å²) in [5.74, 6) is 1.19. The van der Waals surface area contributed by atoms with Gasteiger partial charge in [-0.15, -0.1) is 0 Å². The van der Waals surface area contributed by atoms with E-state index in [-0.39, 0.29) is 11.5 Å². The number of fused-ring (bicyclic) bond motifs is 4. The number of allylic oxidation sites excluding steroid dienone is 3. The Morgan fingerprint density at radius 2 is 2.00 bits per heavy atom. The summed E-state index contributed by atoms with van der Waals surface area (Å²) < 4.78 is 5.62. The third-order valence-electron chi connectivity index (χ3n) is 7.42. The normalized spacial score (nSPS) is 37.0. The molecule has 0 bridgehead atoms. The Morgan fingerprint density at radius 1 is 1.19 bits per heavy atom. The summed E-state index contributed by atoms with van der Waals surface area (Å²) in [6.45, 7) is 3.01. The largest absolute Gasteiger partial charge is 0.501 e. The number of ether oxygens (including phenoxy) is 1. The lowest BCUT2D eigenvalue weighted by Crippen LogP contribution is -2.45. The maximum Gasteiger partial charge on any atom is 0.150 e. The SMILES string of the molecule is C[C@]12C[C@H](c3ccc(C=O)cc3)C3=C4CCOC=C4CCC3C1C=C[C@@H]2O. The van der Waals surface area contributed by atoms with E-state index >= 15 is 0 Å². The summed E-state index contributed by atoms with van der Waals surface area (Å²) in [6, 6.07) is 8.05. The molecule has 1 aromatic carbocycles. The third-order valence-corrected chi connectivity index (χ3v) is 7.42. The predicted octanol–water partition coefficient (Wildman–Crippen LogP) is 4.55. The minimum atomic E-state index is -0.377. The van der Waals surface area contributed by atoms with E-state index in [1.165, 1.54) is 16.7 Å². The monoisotopic (exact) mass is 362 g/mol. The highest BCUT2D eigenvalue weighted by atomic mass is 16.5. The average Bonchev–Trinajstić information content (AvgIpc) is 3.02. The van der Waals surface area contributed by atoms with E-state index < -0.39 is 0 Å². The second kappa shape index (κ2) is 6.20. The average molecular weight is 362 g/mol. The van der Waals surface area contributed by atoms with Gasteiger partial charge in [0.05, 0.1) is 19.0 Å². The Labute approximate surface area is 160 Å². The van der Waals surface area contributed by atoms with Crippen molar-refractivity contribution >= 4 is 6.29 Å². The Hall–Kier alpha value is -2.13. The zero-order valence-electron chi connectivity index (χ0n) is 15.7. The summed E-state index contributed by atoms with van der Waals surface area (Å²) >= 11 is 0. The van der Waals surface area contributed by atoms with Gasteiger partial charge in [-0.25, -0.2) is 0 Å². The van der Waals surface area contributed by atoms with Crippen molar-refractivity contribution < 1.29 is 14.6 Å². The van der Waals surface area contributed by atoms with Crippen LogP contribution >= 0.6 is 0 Å². The van der Waals surface area contributed by atoms with E-state index in [1.54, 1.807) is 5.57 Å². The molecule has 1 N–H and O–H groups in total. The molecule has 140 valence electrons. The molecule has 0 radical (unpaired) electrons. The summed E-state index contributed by atoms with van der Waals surface area (Å²) in [5, 5.41) is 10.8. The molecule has 3 aliphatic carbocycles. The highest BCUT2D eigenvalue weighted by Gasteiger charge is 2.54. The van der Waals surface area contributed by atoms with Crippen LogP contribution in [0.25, 0.3) is 0 Å². The molecule has 1 heterocycles. The van der Waals surface area contributed by atoms with Gasteiger partial charge in [-0.1, -0.05) is 48.9 Å². The number of hydrogen-bond donors (Lipinski definition) is 1. The second-order valence-electron chi connectivity index (χ2n) is 8.75. The maximum absolute atomic E-state index is 11.1. The van der Waals surface area contributed by atoms with E-state index in [4.69, 9.17) is 4.74 Å². The molecule has 3 nitrogen and oxygen atoms in total. The number of aliphatic hydroxyl groups is 1. The zero-order chi connectivity index (χ0) is 18.6. The smallest absolute Gasteiger partial charge is 0.150 e. The summed E-state index contributed by atoms with van der Waals surface area (Å²) in [7, 11) is 0. The van der Waals surface area contributed by atoms with Crippen molar-refractivity contribution in [3.8, 4) is 0 Å². The first-order valence-electron chi connectivity index (χ1n) is 10.1. The van der Waals surface area contributed by atoms with Crippen molar-refractivity contribution in [2.75, 3.05) is 6.61 Å². The number of hydrogen-bond acceptors (Lipinski definition) is 3. The summed E-state index contributed by atoms with van der Waals surface area (Å²) in [6.07, 6.45) is 10.9. The van der Waals surface area contributed by atoms with Gasteiger partial charge in [-0.3, -0.25) is 4.79 Å². The molecule has 5 atom stereocenters. The Kier molecular flexibility index (Phi) is 3.90. The molecule has 1 saturated carbocycles. The van der Waals surface area contributed by atoms with Crippen LogP contribution in [0.1, 0.15) is 54.4 Å². The van der Waals surface area contributed by atoms with E-state index in [2.05, 4.69) is 25.1 Å². The molecule has 0 amide bonds. The van der Waals surface area contributed by atoms with Crippen LogP contribution < -0.4 is 0 Å². The minimum absolute atomic E-state index is 0.116. The molecule has 3 heteroatoms. The molecular formula is C24H26O3. The molecule has 2 unspecified atom stereocenters. The first kappa shape index (κ1) is 17.0. The van der Waals surface area contributed by atoms with Crippen molar-refractivity contribution in [3.05, 3.63) is 70.5 Å². The molecule has 5 rings (SSSR count). The van der Waals surface area contributed by atoms with Crippen LogP contribution in [-0.2, 0) is 4.74 Å². The van der Waals surface area contributed by atoms with Crippen molar-refractivity contribution in [2.45, 2.75) is 44.6 Å². The minimum Gasteiger partial charge on any atom is -0.501 e. The highest BCUT2D eigenvalue weighted by molar-refractivity contribution is 5.74. The Morgan fingerprint density at radius 3 is 2.78 bits per heavy atom. The van der Waals surface area contributed by atoms with Gasteiger partial charge in [-0.05, 0) is 47.8 Å². The van der Waals surface area contributed by atoms with Gasteiger partial charge in [-0.2, -0.15) is 0 Å². The van der Waals surface area contributed by atoms with E-state index in [9.17, 15) is 9.90 Å². The number of carbonyl (C=O) groups is 1. The molecule has 1 aliphatic heterocycles. The number of aldehydes is 1. The van der Waals surface area contributed by atoms with Crippen molar-refractivity contribution in [2.24, 2.45) is 17.3 Å². The van der Waals surface area contributed by atoms with Crippen molar-refractivity contribution in [1.29, 1.82) is 0 Å². The van der Waals surface area contributed by atoms with Gasteiger partial charge in [0.25, 0.3) is 0 Å². The molecular weight excluding hydrogens is 336 g/mol. The van der Waals surface area contributed by atoms with Crippen LogP contribution in [0.5, 0.6) is 0 Å². The third kappa shape index (κ3) is 2.48. The van der Waals surface area contributed by atoms with Crippen LogP contribution in [0.4, 0.5) is 0 Å². The van der Waals surface area contributed by atoms with Crippen LogP contribution in [-0.4, -0.2) is 24.1 Å². The zero-order valence-corrected chi connectivity index (χ0v) is 15.7. The Bertz CT molecular complexity index is 860. The van der Waals surface area contributed by atoms with E-state index in [0.29, 0.717) is 23.3 Å². The molecule has 4 aliphatic rings. The lowest BCUT2D eigenvalue weighted by atomic mass is 9.53. The van der Waals surface area contributed by atoms with Gasteiger partial charge < -0.3 is 9.84 Å². The maximum atomic E-state index is 11.1. The summed E-state index contributed by atoms with van der Waals surface area (Å²) in [4.78, 5) is 11.1. The van der Waals surface area contributed by atoms with Crippen LogP contribution in [0.15, 0.2) is 59.4 Å². The van der Waals surface area contributed by atoms with Crippen LogP contribution in [0, 0.1) is 17.3 Å². The number of carbonyl (C=O) groups excluding carboxylic acids is 1. The van der Waals surface area contributed by atoms with Crippen molar-refractivity contribution in [1.82, 2.24) is 0 Å². The van der Waals surface area contributed by atoms with E-state index in [1.807, 2.05) is 24.5 Å². The van der Waals surface area contributed by atoms with Gasteiger partial charge in [0.2, 0.25) is 0 Å². The lowest BCUT2D eigenvalue weighted by Gasteiger charge is -2.51. The fourth-order valence-corrected chi connectivity index (χ4v) is 5.99. The van der Waals surface area contributed by atoms with Gasteiger partial charge >= 0.3 is 0 Å². The second-order valence-corrected chi connectivity index (χ2v) is 8.75. The standard InChI is InChI=1S/C24H26O3/c1-24-12-20(16-4-2-15(13-25)3-5-16)23-18-10-11-27-14-17(18)6-7-19(23)21(24)8-9-22(24)26/h2-5,8-9,13-14,19-22,26H,6-7,10-12H2,1H3/t19?,20-,21?,22+,24+/m1/s1. The first-order chi connectivity index (χ1) is 13.1. The van der Waals surface area contributed by atoms with Crippen molar-refractivity contribution in [3.63, 3.8) is 0 Å². The van der Waals surface area contributed by atoms with Crippen LogP contribution in [0.3, 0.4) is 0 Å². The first-order valence-corrected chi connectivity index (χ1v) is 10.1. The number of rotatable bonds is 2. The summed E-state index contributed by atoms with van der Waals surface area (Å²) in [5.41, 5.74) is 6.29. The molecule has 27 heavy (non-hydrogen) atoms. The van der Waals surface area contributed by atoms with Gasteiger partial charge in [0.1, 0.15) is 6.29 Å². The van der Waals surface area contributed by atoms with Gasteiger partial charge in [0.15, 0.2) is 0 Å². The highest BCUT2D eigenvalue weighted by Crippen LogP contribution is 2.61. The quantitative estimate of drug-likeness (QED) is 0.620. The lowest BCUT2D eigenvalue weighted by molar-refractivity contribution is 0.0103. The molecule has 1 fully saturated rings. The fourth-order valence-electron chi connectivity index (χ4n) is 5.99. The van der Waals surface area contributed by atoms with Crippen LogP contribution in [0.2, 0.25) is 0 Å². The topological polar surface area (TPSA) is 46.5 Å². The fraction of sp³-hybridized carbons (Fsp3) is 0.458. The molecule has 0 aromatic heterocycles.